The molecule has 3 aromatic heterocycles. The molecule has 8 heteroatoms. The number of aromatic carboxylic acids is 1. The number of aromatic amines is 1. The molecule has 3 heterocycles. The van der Waals surface area contributed by atoms with E-state index >= 15 is 0 Å². The predicted octanol–water partition coefficient (Wildman–Crippen LogP) is 6.38. The van der Waals surface area contributed by atoms with E-state index < -0.39 is 5.97 Å². The molecule has 0 unspecified atom stereocenters. The number of carbonyl (C=O) groups is 1. The molecule has 0 radical (unpaired) electrons. The second kappa shape index (κ2) is 7.60. The number of carboxylic acids is 1. The first-order chi connectivity index (χ1) is 15.8. The molecule has 0 atom stereocenters. The van der Waals surface area contributed by atoms with Crippen LogP contribution in [-0.4, -0.2) is 26.8 Å². The monoisotopic (exact) mass is 460 g/mol. The second-order valence-electron chi connectivity index (χ2n) is 8.25. The lowest BCUT2D eigenvalue weighted by molar-refractivity contribution is 0.0691. The number of nitrogens with zero attached hydrogens (tertiary/aromatic N) is 1. The second-order valence-corrected chi connectivity index (χ2v) is 9.33. The molecule has 6 nitrogen and oxygen atoms in total. The van der Waals surface area contributed by atoms with Crippen LogP contribution < -0.4 is 5.73 Å². The summed E-state index contributed by atoms with van der Waals surface area (Å²) in [5.41, 5.74) is 12.0. The van der Waals surface area contributed by atoms with E-state index in [-0.39, 0.29) is 17.4 Å². The fraction of sp³-hybridized carbons (Fsp3) is 0.120. The van der Waals surface area contributed by atoms with Crippen molar-refractivity contribution >= 4 is 50.3 Å². The number of hydrogen-bond donors (Lipinski definition) is 4. The summed E-state index contributed by atoms with van der Waals surface area (Å²) in [4.78, 5) is 15.3. The summed E-state index contributed by atoms with van der Waals surface area (Å²) >= 11 is 1.51. The Kier molecular flexibility index (Phi) is 4.83. The van der Waals surface area contributed by atoms with Gasteiger partial charge in [0.1, 0.15) is 11.5 Å². The van der Waals surface area contributed by atoms with Crippen molar-refractivity contribution in [3.05, 3.63) is 71.3 Å². The number of nitrogens with one attached hydrogen (secondary N) is 2. The minimum Gasteiger partial charge on any atom is -0.477 e. The van der Waals surface area contributed by atoms with E-state index in [4.69, 9.17) is 11.1 Å². The molecular weight excluding hydrogens is 439 g/mol. The maximum Gasteiger partial charge on any atom is 0.352 e. The molecule has 0 bridgehead atoms. The lowest BCUT2D eigenvalue weighted by atomic mass is 10.0. The first-order valence-electron chi connectivity index (χ1n) is 10.4. The van der Waals surface area contributed by atoms with Crippen LogP contribution in [-0.2, 0) is 0 Å². The van der Waals surface area contributed by atoms with E-state index in [1.54, 1.807) is 18.2 Å². The quantitative estimate of drug-likeness (QED) is 0.180. The van der Waals surface area contributed by atoms with Gasteiger partial charge >= 0.3 is 5.97 Å². The Labute approximate surface area is 192 Å². The average Bonchev–Trinajstić information content (AvgIpc) is 3.43. The van der Waals surface area contributed by atoms with Crippen molar-refractivity contribution < 1.29 is 14.3 Å². The van der Waals surface area contributed by atoms with Crippen LogP contribution >= 0.6 is 11.3 Å². The van der Waals surface area contributed by atoms with E-state index in [2.05, 4.69) is 23.4 Å². The summed E-state index contributed by atoms with van der Waals surface area (Å²) < 4.78 is 16.6. The normalized spacial score (nSPS) is 11.6. The van der Waals surface area contributed by atoms with Gasteiger partial charge in [-0.25, -0.2) is 9.18 Å². The molecule has 5 rings (SSSR count). The van der Waals surface area contributed by atoms with Crippen molar-refractivity contribution in [3.8, 4) is 16.1 Å². The standard InChI is InChI=1S/C25H21FN4O2S/c1-12(2)24-23(22-9-18-21(33-22)10-19(29-18)25(31)32)16-8-17(28)13(11-27)7-20(16)30(24)15-5-3-14(26)4-6-15/h3-12,27,29H,28H2,1-2H3,(H,31,32). The largest absolute Gasteiger partial charge is 0.477 e. The van der Waals surface area contributed by atoms with Crippen LogP contribution in [0.1, 0.15) is 41.5 Å². The molecule has 0 spiro atoms. The minimum atomic E-state index is -0.998. The minimum absolute atomic E-state index is 0.108. The number of nitrogens with two attached hydrogens (primary N) is 1. The fourth-order valence-corrected chi connectivity index (χ4v) is 5.47. The highest BCUT2D eigenvalue weighted by Crippen LogP contribution is 2.45. The lowest BCUT2D eigenvalue weighted by Crippen LogP contribution is -2.03. The zero-order chi connectivity index (χ0) is 23.4. The summed E-state index contributed by atoms with van der Waals surface area (Å²) in [7, 11) is 0. The predicted molar refractivity (Wildman–Crippen MR) is 132 cm³/mol. The molecule has 5 aromatic rings. The molecule has 5 N–H and O–H groups in total. The van der Waals surface area contributed by atoms with Crippen molar-refractivity contribution in [2.24, 2.45) is 0 Å². The number of fused-ring (bicyclic) bond motifs is 2. The third-order valence-electron chi connectivity index (χ3n) is 5.78. The zero-order valence-corrected chi connectivity index (χ0v) is 18.8. The summed E-state index contributed by atoms with van der Waals surface area (Å²) in [6, 6.07) is 13.7. The summed E-state index contributed by atoms with van der Waals surface area (Å²) in [6.07, 6.45) is 1.23. The Morgan fingerprint density at radius 2 is 1.94 bits per heavy atom. The number of nitrogen functional groups attached to an aromatic ring is 1. The van der Waals surface area contributed by atoms with Crippen LogP contribution in [0.5, 0.6) is 0 Å². The molecule has 0 saturated heterocycles. The van der Waals surface area contributed by atoms with Crippen molar-refractivity contribution in [2.45, 2.75) is 19.8 Å². The SMILES string of the molecule is CC(C)c1c(-c2cc3[nH]c(C(=O)O)cc3s2)c2cc(N)c(C=N)cc2n1-c1ccc(F)cc1. The van der Waals surface area contributed by atoms with Crippen molar-refractivity contribution in [3.63, 3.8) is 0 Å². The van der Waals surface area contributed by atoms with Gasteiger partial charge in [-0.15, -0.1) is 11.3 Å². The zero-order valence-electron chi connectivity index (χ0n) is 17.9. The number of carboxylic acid groups (broad SMARTS) is 1. The summed E-state index contributed by atoms with van der Waals surface area (Å²) in [5.74, 6) is -1.20. The van der Waals surface area contributed by atoms with Crippen LogP contribution in [0.3, 0.4) is 0 Å². The maximum absolute atomic E-state index is 13.7. The van der Waals surface area contributed by atoms with Crippen LogP contribution in [0.2, 0.25) is 0 Å². The first kappa shape index (κ1) is 21.0. The van der Waals surface area contributed by atoms with Gasteiger partial charge < -0.3 is 25.8 Å². The van der Waals surface area contributed by atoms with Crippen LogP contribution in [0.15, 0.2) is 48.5 Å². The molecule has 0 aliphatic rings. The Morgan fingerprint density at radius 1 is 1.21 bits per heavy atom. The van der Waals surface area contributed by atoms with Crippen LogP contribution in [0.4, 0.5) is 10.1 Å². The van der Waals surface area contributed by atoms with Gasteiger partial charge in [0.25, 0.3) is 0 Å². The van der Waals surface area contributed by atoms with E-state index in [0.29, 0.717) is 11.3 Å². The van der Waals surface area contributed by atoms with E-state index in [9.17, 15) is 14.3 Å². The average molecular weight is 461 g/mol. The van der Waals surface area contributed by atoms with Gasteiger partial charge in [0.15, 0.2) is 0 Å². The van der Waals surface area contributed by atoms with Crippen LogP contribution in [0, 0.1) is 11.2 Å². The van der Waals surface area contributed by atoms with E-state index in [1.165, 1.54) is 29.7 Å². The highest BCUT2D eigenvalue weighted by atomic mass is 32.1. The van der Waals surface area contributed by atoms with Gasteiger partial charge in [-0.05, 0) is 54.4 Å². The molecule has 2 aromatic carbocycles. The van der Waals surface area contributed by atoms with Crippen molar-refractivity contribution in [1.29, 1.82) is 5.41 Å². The molecule has 0 saturated carbocycles. The fourth-order valence-electron chi connectivity index (χ4n) is 4.35. The molecule has 0 fully saturated rings. The Morgan fingerprint density at radius 3 is 2.55 bits per heavy atom. The molecule has 166 valence electrons. The van der Waals surface area contributed by atoms with Gasteiger partial charge in [-0.3, -0.25) is 0 Å². The van der Waals surface area contributed by atoms with Gasteiger partial charge in [0.2, 0.25) is 0 Å². The van der Waals surface area contributed by atoms with Gasteiger partial charge in [-0.2, -0.15) is 0 Å². The number of benzene rings is 2. The number of aromatic nitrogens is 2. The lowest BCUT2D eigenvalue weighted by Gasteiger charge is -2.15. The number of rotatable bonds is 5. The van der Waals surface area contributed by atoms with Gasteiger partial charge in [0.05, 0.1) is 15.7 Å². The van der Waals surface area contributed by atoms with E-state index in [1.807, 2.05) is 18.2 Å². The molecule has 0 amide bonds. The molecule has 33 heavy (non-hydrogen) atoms. The number of H-pyrrole nitrogens is 1. The smallest absolute Gasteiger partial charge is 0.352 e. The Balaban J connectivity index is 1.88. The number of thiophene rings is 1. The first-order valence-corrected chi connectivity index (χ1v) is 11.2. The third-order valence-corrected chi connectivity index (χ3v) is 6.88. The Hall–Kier alpha value is -3.91. The highest BCUT2D eigenvalue weighted by molar-refractivity contribution is 7.22. The summed E-state index contributed by atoms with van der Waals surface area (Å²) in [5, 5.41) is 18.0. The molecule has 0 aliphatic carbocycles. The number of anilines is 1. The van der Waals surface area contributed by atoms with Gasteiger partial charge in [-0.1, -0.05) is 13.8 Å². The highest BCUT2D eigenvalue weighted by Gasteiger charge is 2.25. The topological polar surface area (TPSA) is 108 Å². The summed E-state index contributed by atoms with van der Waals surface area (Å²) in [6.45, 7) is 4.20. The van der Waals surface area contributed by atoms with E-state index in [0.717, 1.165) is 42.9 Å². The maximum atomic E-state index is 13.7. The third kappa shape index (κ3) is 3.30. The van der Waals surface area contributed by atoms with Crippen molar-refractivity contribution in [2.75, 3.05) is 5.73 Å². The van der Waals surface area contributed by atoms with Crippen molar-refractivity contribution in [1.82, 2.24) is 9.55 Å². The number of halogens is 1. The van der Waals surface area contributed by atoms with Crippen LogP contribution in [0.25, 0.3) is 37.2 Å². The van der Waals surface area contributed by atoms with Gasteiger partial charge in [0, 0.05) is 44.7 Å². The number of hydrogen-bond acceptors (Lipinski definition) is 4. The Bertz CT molecular complexity index is 1530. The molecule has 0 aliphatic heterocycles. The molecular formula is C25H21FN4O2S.